The number of hydrogen-bond acceptors (Lipinski definition) is 4. The molecule has 0 aromatic heterocycles. The monoisotopic (exact) mass is 225 g/mol. The molecule has 4 nitrogen and oxygen atoms in total. The van der Waals surface area contributed by atoms with Crippen molar-refractivity contribution in [2.45, 2.75) is 37.8 Å². The lowest BCUT2D eigenvalue weighted by Crippen LogP contribution is -2.52. The molecule has 1 heterocycles. The van der Waals surface area contributed by atoms with Crippen LogP contribution in [0.25, 0.3) is 0 Å². The summed E-state index contributed by atoms with van der Waals surface area (Å²) >= 11 is 0. The standard InChI is InChI=1S/C12H23N3O/c13-11-2-1-3-12(10-11)15-6-4-14(5-7-15)8-9-16/h9,11-12H,1-8,10,13H2. The number of aldehydes is 1. The summed E-state index contributed by atoms with van der Waals surface area (Å²) in [7, 11) is 0. The minimum Gasteiger partial charge on any atom is -0.328 e. The summed E-state index contributed by atoms with van der Waals surface area (Å²) in [5, 5.41) is 0. The topological polar surface area (TPSA) is 49.6 Å². The van der Waals surface area contributed by atoms with E-state index < -0.39 is 0 Å². The van der Waals surface area contributed by atoms with Crippen LogP contribution in [0.15, 0.2) is 0 Å². The minimum atomic E-state index is 0.409. The summed E-state index contributed by atoms with van der Waals surface area (Å²) in [4.78, 5) is 15.2. The van der Waals surface area contributed by atoms with E-state index in [9.17, 15) is 4.79 Å². The maximum absolute atomic E-state index is 10.4. The molecular weight excluding hydrogens is 202 g/mol. The third-order valence-corrected chi connectivity index (χ3v) is 3.94. The van der Waals surface area contributed by atoms with E-state index in [1.165, 1.54) is 19.3 Å². The molecule has 0 aromatic carbocycles. The maximum Gasteiger partial charge on any atom is 0.133 e. The van der Waals surface area contributed by atoms with Gasteiger partial charge in [0.15, 0.2) is 0 Å². The van der Waals surface area contributed by atoms with Crippen LogP contribution < -0.4 is 5.73 Å². The van der Waals surface area contributed by atoms with Gasteiger partial charge in [0, 0.05) is 38.3 Å². The van der Waals surface area contributed by atoms with Crippen molar-refractivity contribution in [3.63, 3.8) is 0 Å². The fourth-order valence-electron chi connectivity index (χ4n) is 2.95. The van der Waals surface area contributed by atoms with Crippen molar-refractivity contribution in [1.29, 1.82) is 0 Å². The highest BCUT2D eigenvalue weighted by Crippen LogP contribution is 2.22. The zero-order valence-corrected chi connectivity index (χ0v) is 9.98. The Bertz CT molecular complexity index is 226. The lowest BCUT2D eigenvalue weighted by atomic mass is 9.90. The van der Waals surface area contributed by atoms with Gasteiger partial charge in [0.1, 0.15) is 6.29 Å². The highest BCUT2D eigenvalue weighted by Gasteiger charge is 2.27. The molecule has 2 unspecified atom stereocenters. The second-order valence-electron chi connectivity index (χ2n) is 5.08. The molecule has 0 radical (unpaired) electrons. The van der Waals surface area contributed by atoms with Gasteiger partial charge in [-0.25, -0.2) is 0 Å². The second-order valence-corrected chi connectivity index (χ2v) is 5.08. The van der Waals surface area contributed by atoms with Crippen molar-refractivity contribution in [2.24, 2.45) is 5.73 Å². The Morgan fingerprint density at radius 1 is 1.19 bits per heavy atom. The zero-order chi connectivity index (χ0) is 11.4. The van der Waals surface area contributed by atoms with Gasteiger partial charge in [-0.15, -0.1) is 0 Å². The van der Waals surface area contributed by atoms with Gasteiger partial charge < -0.3 is 10.5 Å². The van der Waals surface area contributed by atoms with Gasteiger partial charge in [0.05, 0.1) is 6.54 Å². The predicted octanol–water partition coefficient (Wildman–Crippen LogP) is 0.0728. The SMILES string of the molecule is NC1CCCC(N2CCN(CC=O)CC2)C1. The highest BCUT2D eigenvalue weighted by atomic mass is 16.1. The predicted molar refractivity (Wildman–Crippen MR) is 64.3 cm³/mol. The summed E-state index contributed by atoms with van der Waals surface area (Å²) in [5.41, 5.74) is 6.02. The fraction of sp³-hybridized carbons (Fsp3) is 0.917. The molecule has 2 aliphatic rings. The van der Waals surface area contributed by atoms with E-state index in [4.69, 9.17) is 5.73 Å². The molecule has 92 valence electrons. The first kappa shape index (κ1) is 12.0. The molecule has 2 rings (SSSR count). The number of hydrogen-bond donors (Lipinski definition) is 1. The van der Waals surface area contributed by atoms with Crippen molar-refractivity contribution < 1.29 is 4.79 Å². The molecule has 2 atom stereocenters. The summed E-state index contributed by atoms with van der Waals surface area (Å²) in [6, 6.07) is 1.11. The first-order valence-electron chi connectivity index (χ1n) is 6.45. The third-order valence-electron chi connectivity index (χ3n) is 3.94. The molecule has 0 spiro atoms. The molecule has 2 N–H and O–H groups in total. The maximum atomic E-state index is 10.4. The third kappa shape index (κ3) is 3.03. The average Bonchev–Trinajstić information content (AvgIpc) is 2.30. The molecule has 4 heteroatoms. The van der Waals surface area contributed by atoms with E-state index in [0.29, 0.717) is 18.6 Å². The number of nitrogens with two attached hydrogens (primary N) is 1. The van der Waals surface area contributed by atoms with E-state index in [-0.39, 0.29) is 0 Å². The van der Waals surface area contributed by atoms with Gasteiger partial charge in [-0.3, -0.25) is 9.80 Å². The molecule has 1 aliphatic carbocycles. The van der Waals surface area contributed by atoms with Crippen LogP contribution in [0.1, 0.15) is 25.7 Å². The molecule has 1 aliphatic heterocycles. The van der Waals surface area contributed by atoms with E-state index >= 15 is 0 Å². The first-order valence-corrected chi connectivity index (χ1v) is 6.45. The molecule has 0 aromatic rings. The van der Waals surface area contributed by atoms with Crippen molar-refractivity contribution >= 4 is 6.29 Å². The van der Waals surface area contributed by atoms with Crippen LogP contribution >= 0.6 is 0 Å². The Balaban J connectivity index is 1.77. The van der Waals surface area contributed by atoms with Crippen molar-refractivity contribution in [1.82, 2.24) is 9.80 Å². The Hall–Kier alpha value is -0.450. The molecule has 0 bridgehead atoms. The Morgan fingerprint density at radius 3 is 2.56 bits per heavy atom. The number of carbonyl (C=O) groups excluding carboxylic acids is 1. The molecule has 2 fully saturated rings. The van der Waals surface area contributed by atoms with Crippen LogP contribution in [-0.4, -0.2) is 60.9 Å². The molecule has 0 amide bonds. The molecule has 16 heavy (non-hydrogen) atoms. The van der Waals surface area contributed by atoms with E-state index in [1.54, 1.807) is 0 Å². The highest BCUT2D eigenvalue weighted by molar-refractivity contribution is 5.51. The first-order chi connectivity index (χ1) is 7.79. The zero-order valence-electron chi connectivity index (χ0n) is 9.98. The van der Waals surface area contributed by atoms with Crippen LogP contribution in [-0.2, 0) is 4.79 Å². The van der Waals surface area contributed by atoms with E-state index in [1.807, 2.05) is 0 Å². The largest absolute Gasteiger partial charge is 0.328 e. The Labute approximate surface area is 97.8 Å². The summed E-state index contributed by atoms with van der Waals surface area (Å²) in [6.45, 7) is 4.86. The van der Waals surface area contributed by atoms with Crippen LogP contribution in [0.2, 0.25) is 0 Å². The summed E-state index contributed by atoms with van der Waals surface area (Å²) in [5.74, 6) is 0. The van der Waals surface area contributed by atoms with Crippen molar-refractivity contribution in [3.8, 4) is 0 Å². The number of nitrogens with zero attached hydrogens (tertiary/aromatic N) is 2. The molecular formula is C12H23N3O. The minimum absolute atomic E-state index is 0.409. The number of rotatable bonds is 3. The quantitative estimate of drug-likeness (QED) is 0.691. The number of carbonyl (C=O) groups is 1. The average molecular weight is 225 g/mol. The lowest BCUT2D eigenvalue weighted by molar-refractivity contribution is -0.109. The van der Waals surface area contributed by atoms with E-state index in [0.717, 1.165) is 38.9 Å². The smallest absolute Gasteiger partial charge is 0.133 e. The Kier molecular flexibility index (Phi) is 4.32. The summed E-state index contributed by atoms with van der Waals surface area (Å²) in [6.07, 6.45) is 5.95. The Morgan fingerprint density at radius 2 is 1.94 bits per heavy atom. The van der Waals surface area contributed by atoms with Gasteiger partial charge in [-0.05, 0) is 19.3 Å². The van der Waals surface area contributed by atoms with E-state index in [2.05, 4.69) is 9.80 Å². The van der Waals surface area contributed by atoms with Gasteiger partial charge in [0.2, 0.25) is 0 Å². The van der Waals surface area contributed by atoms with Gasteiger partial charge in [0.25, 0.3) is 0 Å². The van der Waals surface area contributed by atoms with Crippen LogP contribution in [0.3, 0.4) is 0 Å². The number of piperazine rings is 1. The van der Waals surface area contributed by atoms with Crippen molar-refractivity contribution in [3.05, 3.63) is 0 Å². The van der Waals surface area contributed by atoms with Crippen LogP contribution in [0, 0.1) is 0 Å². The molecule has 1 saturated carbocycles. The van der Waals surface area contributed by atoms with Gasteiger partial charge in [-0.1, -0.05) is 6.42 Å². The van der Waals surface area contributed by atoms with Crippen LogP contribution in [0.4, 0.5) is 0 Å². The fourth-order valence-corrected chi connectivity index (χ4v) is 2.95. The molecule has 1 saturated heterocycles. The lowest BCUT2D eigenvalue weighted by Gasteiger charge is -2.41. The normalized spacial score (nSPS) is 33.8. The van der Waals surface area contributed by atoms with Crippen LogP contribution in [0.5, 0.6) is 0 Å². The summed E-state index contributed by atoms with van der Waals surface area (Å²) < 4.78 is 0. The van der Waals surface area contributed by atoms with Gasteiger partial charge >= 0.3 is 0 Å². The van der Waals surface area contributed by atoms with Crippen molar-refractivity contribution in [2.75, 3.05) is 32.7 Å². The second kappa shape index (κ2) is 5.75. The van der Waals surface area contributed by atoms with Gasteiger partial charge in [-0.2, -0.15) is 0 Å².